The highest BCUT2D eigenvalue weighted by Gasteiger charge is 2.33. The average molecular weight is 246 g/mol. The fourth-order valence-corrected chi connectivity index (χ4v) is 1.97. The molecule has 1 heterocycles. The predicted molar refractivity (Wildman–Crippen MR) is 56.7 cm³/mol. The Kier molecular flexibility index (Phi) is 3.10. The van der Waals surface area contributed by atoms with E-state index < -0.39 is 23.8 Å². The van der Waals surface area contributed by atoms with Crippen molar-refractivity contribution in [1.29, 1.82) is 0 Å². The molecular weight excluding hydrogens is 236 g/mol. The van der Waals surface area contributed by atoms with Gasteiger partial charge in [0.1, 0.15) is 5.82 Å². The van der Waals surface area contributed by atoms with Gasteiger partial charge in [0, 0.05) is 12.5 Å². The monoisotopic (exact) mass is 245 g/mol. The lowest BCUT2D eigenvalue weighted by Gasteiger charge is -2.26. The van der Waals surface area contributed by atoms with Crippen LogP contribution in [0.2, 0.25) is 5.02 Å². The maximum absolute atomic E-state index is 13.6. The summed E-state index contributed by atoms with van der Waals surface area (Å²) in [5.74, 6) is -1.80. The highest BCUT2D eigenvalue weighted by Crippen LogP contribution is 2.30. The van der Waals surface area contributed by atoms with E-state index in [-0.39, 0.29) is 5.02 Å². The van der Waals surface area contributed by atoms with Crippen LogP contribution in [0.4, 0.5) is 8.78 Å². The van der Waals surface area contributed by atoms with Gasteiger partial charge in [-0.15, -0.1) is 0 Å². The number of rotatable bonds is 1. The highest BCUT2D eigenvalue weighted by molar-refractivity contribution is 6.30. The minimum absolute atomic E-state index is 0.000538. The van der Waals surface area contributed by atoms with E-state index in [9.17, 15) is 13.6 Å². The second-order valence-corrected chi connectivity index (χ2v) is 4.17. The van der Waals surface area contributed by atoms with E-state index in [2.05, 4.69) is 5.32 Å². The van der Waals surface area contributed by atoms with E-state index in [1.54, 1.807) is 6.07 Å². The van der Waals surface area contributed by atoms with Gasteiger partial charge in [0.2, 0.25) is 0 Å². The lowest BCUT2D eigenvalue weighted by Crippen LogP contribution is -2.42. The first-order valence-electron chi connectivity index (χ1n) is 4.96. The Morgan fingerprint density at radius 1 is 1.44 bits per heavy atom. The summed E-state index contributed by atoms with van der Waals surface area (Å²) in [6, 6.07) is 4.13. The number of hydrogen-bond acceptors (Lipinski definition) is 1. The molecular formula is C11H10ClF2NO. The molecule has 1 aliphatic rings. The molecule has 1 saturated heterocycles. The maximum Gasteiger partial charge on any atom is 0.255 e. The van der Waals surface area contributed by atoms with Gasteiger partial charge in [-0.25, -0.2) is 8.78 Å². The second kappa shape index (κ2) is 4.37. The van der Waals surface area contributed by atoms with Crippen molar-refractivity contribution in [1.82, 2.24) is 5.32 Å². The lowest BCUT2D eigenvalue weighted by atomic mass is 9.88. The first-order chi connectivity index (χ1) is 7.59. The first kappa shape index (κ1) is 11.3. The van der Waals surface area contributed by atoms with Gasteiger partial charge in [0.25, 0.3) is 5.91 Å². The molecule has 1 fully saturated rings. The molecule has 2 nitrogen and oxygen atoms in total. The van der Waals surface area contributed by atoms with Crippen molar-refractivity contribution < 1.29 is 13.6 Å². The molecule has 0 saturated carbocycles. The minimum Gasteiger partial charge on any atom is -0.354 e. The van der Waals surface area contributed by atoms with Crippen LogP contribution in [0.25, 0.3) is 0 Å². The van der Waals surface area contributed by atoms with Crippen LogP contribution in [0.5, 0.6) is 0 Å². The van der Waals surface area contributed by atoms with Gasteiger partial charge >= 0.3 is 0 Å². The van der Waals surface area contributed by atoms with E-state index in [1.807, 2.05) is 0 Å². The van der Waals surface area contributed by atoms with Crippen molar-refractivity contribution in [3.8, 4) is 0 Å². The summed E-state index contributed by atoms with van der Waals surface area (Å²) >= 11 is 5.54. The van der Waals surface area contributed by atoms with Crippen LogP contribution < -0.4 is 5.32 Å². The maximum atomic E-state index is 13.6. The van der Waals surface area contributed by atoms with Crippen molar-refractivity contribution in [3.05, 3.63) is 34.6 Å². The fourth-order valence-electron chi connectivity index (χ4n) is 1.86. The van der Waals surface area contributed by atoms with Crippen molar-refractivity contribution in [3.63, 3.8) is 0 Å². The van der Waals surface area contributed by atoms with Crippen molar-refractivity contribution in [2.75, 3.05) is 6.54 Å². The van der Waals surface area contributed by atoms with Gasteiger partial charge in [-0.2, -0.15) is 0 Å². The molecule has 16 heavy (non-hydrogen) atoms. The molecule has 0 aliphatic carbocycles. The van der Waals surface area contributed by atoms with Gasteiger partial charge in [0.15, 0.2) is 6.17 Å². The summed E-state index contributed by atoms with van der Waals surface area (Å²) in [6.07, 6.45) is -1.15. The Bertz CT molecular complexity index is 424. The molecule has 2 unspecified atom stereocenters. The largest absolute Gasteiger partial charge is 0.354 e. The molecule has 0 aromatic heterocycles. The number of nitrogens with one attached hydrogen (secondary N) is 1. The quantitative estimate of drug-likeness (QED) is 0.809. The molecule has 1 aliphatic heterocycles. The van der Waals surface area contributed by atoms with E-state index >= 15 is 0 Å². The predicted octanol–water partition coefficient (Wildman–Crippen LogP) is 2.42. The number of alkyl halides is 1. The summed E-state index contributed by atoms with van der Waals surface area (Å²) in [4.78, 5) is 11.1. The smallest absolute Gasteiger partial charge is 0.255 e. The summed E-state index contributed by atoms with van der Waals surface area (Å²) in [6.45, 7) is 0.411. The molecule has 1 aromatic carbocycles. The lowest BCUT2D eigenvalue weighted by molar-refractivity contribution is -0.128. The van der Waals surface area contributed by atoms with E-state index in [1.165, 1.54) is 12.1 Å². The number of halogens is 3. The third-order valence-electron chi connectivity index (χ3n) is 2.73. The third-order valence-corrected chi connectivity index (χ3v) is 3.04. The highest BCUT2D eigenvalue weighted by atomic mass is 35.5. The molecule has 0 radical (unpaired) electrons. The number of amides is 1. The Balaban J connectivity index is 2.29. The standard InChI is InChI=1S/C11H10ClF2NO/c12-8-2-1-6(5-9(8)13)7-3-4-15-11(16)10(7)14/h1-2,5,7,10H,3-4H2,(H,15,16). The Labute approximate surface area is 96.6 Å². The summed E-state index contributed by atoms with van der Waals surface area (Å²) in [5.41, 5.74) is 0.476. The zero-order valence-electron chi connectivity index (χ0n) is 8.34. The van der Waals surface area contributed by atoms with Crippen LogP contribution in [0.1, 0.15) is 17.9 Å². The Morgan fingerprint density at radius 2 is 2.19 bits per heavy atom. The molecule has 2 rings (SSSR count). The van der Waals surface area contributed by atoms with E-state index in [0.29, 0.717) is 18.5 Å². The molecule has 5 heteroatoms. The zero-order valence-corrected chi connectivity index (χ0v) is 9.10. The number of hydrogen-bond donors (Lipinski definition) is 1. The van der Waals surface area contributed by atoms with Crippen LogP contribution in [-0.4, -0.2) is 18.6 Å². The van der Waals surface area contributed by atoms with Crippen LogP contribution >= 0.6 is 11.6 Å². The fraction of sp³-hybridized carbons (Fsp3) is 0.364. The van der Waals surface area contributed by atoms with Gasteiger partial charge in [-0.1, -0.05) is 17.7 Å². The molecule has 2 atom stereocenters. The van der Waals surface area contributed by atoms with Crippen molar-refractivity contribution in [2.24, 2.45) is 0 Å². The molecule has 1 N–H and O–H groups in total. The third kappa shape index (κ3) is 2.02. The average Bonchev–Trinajstić information content (AvgIpc) is 2.26. The van der Waals surface area contributed by atoms with Crippen LogP contribution in [-0.2, 0) is 4.79 Å². The van der Waals surface area contributed by atoms with Crippen molar-refractivity contribution in [2.45, 2.75) is 18.5 Å². The molecule has 86 valence electrons. The first-order valence-corrected chi connectivity index (χ1v) is 5.34. The molecule has 1 aromatic rings. The second-order valence-electron chi connectivity index (χ2n) is 3.76. The number of piperidine rings is 1. The normalized spacial score (nSPS) is 25.3. The van der Waals surface area contributed by atoms with Crippen LogP contribution in [0, 0.1) is 5.82 Å². The summed E-state index contributed by atoms with van der Waals surface area (Å²) in [5, 5.41) is 2.42. The summed E-state index contributed by atoms with van der Waals surface area (Å²) < 4.78 is 26.8. The Hall–Kier alpha value is -1.16. The van der Waals surface area contributed by atoms with Gasteiger partial charge in [0.05, 0.1) is 5.02 Å². The van der Waals surface area contributed by atoms with E-state index in [0.717, 1.165) is 0 Å². The topological polar surface area (TPSA) is 29.1 Å². The molecule has 0 bridgehead atoms. The van der Waals surface area contributed by atoms with Gasteiger partial charge in [-0.3, -0.25) is 4.79 Å². The van der Waals surface area contributed by atoms with Crippen LogP contribution in [0.3, 0.4) is 0 Å². The molecule has 1 amide bonds. The SMILES string of the molecule is O=C1NCCC(c2ccc(Cl)c(F)c2)C1F. The van der Waals surface area contributed by atoms with E-state index in [4.69, 9.17) is 11.6 Å². The van der Waals surface area contributed by atoms with Gasteiger partial charge < -0.3 is 5.32 Å². The van der Waals surface area contributed by atoms with Crippen molar-refractivity contribution >= 4 is 17.5 Å². The molecule has 0 spiro atoms. The number of carbonyl (C=O) groups is 1. The van der Waals surface area contributed by atoms with Crippen LogP contribution in [0.15, 0.2) is 18.2 Å². The number of carbonyl (C=O) groups excluding carboxylic acids is 1. The summed E-state index contributed by atoms with van der Waals surface area (Å²) in [7, 11) is 0. The van der Waals surface area contributed by atoms with Gasteiger partial charge in [-0.05, 0) is 24.1 Å². The minimum atomic E-state index is -1.62. The zero-order chi connectivity index (χ0) is 11.7. The number of benzene rings is 1. The Morgan fingerprint density at radius 3 is 2.88 bits per heavy atom.